The van der Waals surface area contributed by atoms with Crippen LogP contribution in [0.1, 0.15) is 18.4 Å². The average molecular weight is 447 g/mol. The van der Waals surface area contributed by atoms with E-state index in [1.165, 1.54) is 4.31 Å². The van der Waals surface area contributed by atoms with E-state index in [1.807, 2.05) is 18.2 Å². The number of fused-ring (bicyclic) bond motifs is 1. The van der Waals surface area contributed by atoms with Gasteiger partial charge in [0.1, 0.15) is 0 Å². The second kappa shape index (κ2) is 7.73. The third-order valence-electron chi connectivity index (χ3n) is 6.05. The molecule has 0 bridgehead atoms. The predicted molar refractivity (Wildman–Crippen MR) is 117 cm³/mol. The molecule has 7 nitrogen and oxygen atoms in total. The average Bonchev–Trinajstić information content (AvgIpc) is 2.96. The van der Waals surface area contributed by atoms with E-state index < -0.39 is 15.4 Å². The smallest absolute Gasteiger partial charge is 0.239 e. The highest BCUT2D eigenvalue weighted by Crippen LogP contribution is 2.42. The van der Waals surface area contributed by atoms with Crippen LogP contribution in [-0.2, 0) is 20.5 Å². The first-order chi connectivity index (χ1) is 14.3. The summed E-state index contributed by atoms with van der Waals surface area (Å²) in [6.45, 7) is 1.77. The molecular formula is C21H23ClN4O3S. The maximum Gasteiger partial charge on any atom is 0.239 e. The SMILES string of the molecule is COCC1(C#N)CCN(c2c(Cl)cncc2-c2ccc3c(c2)CS(=O)(=O)N3C)CC1. The third kappa shape index (κ3) is 3.51. The molecule has 3 heterocycles. The number of hydrogen-bond donors (Lipinski definition) is 0. The summed E-state index contributed by atoms with van der Waals surface area (Å²) >= 11 is 6.57. The zero-order valence-electron chi connectivity index (χ0n) is 16.9. The van der Waals surface area contributed by atoms with Crippen molar-refractivity contribution in [2.45, 2.75) is 18.6 Å². The van der Waals surface area contributed by atoms with E-state index in [2.05, 4.69) is 16.0 Å². The number of sulfonamides is 1. The summed E-state index contributed by atoms with van der Waals surface area (Å²) in [6, 6.07) is 8.07. The van der Waals surface area contributed by atoms with Crippen LogP contribution in [0.2, 0.25) is 5.02 Å². The van der Waals surface area contributed by atoms with E-state index in [1.54, 1.807) is 26.6 Å². The van der Waals surface area contributed by atoms with Crippen molar-refractivity contribution in [1.82, 2.24) is 4.98 Å². The van der Waals surface area contributed by atoms with Crippen molar-refractivity contribution in [3.05, 3.63) is 41.2 Å². The van der Waals surface area contributed by atoms with Crippen LogP contribution < -0.4 is 9.21 Å². The van der Waals surface area contributed by atoms with E-state index in [0.29, 0.717) is 43.2 Å². The number of anilines is 2. The molecule has 0 atom stereocenters. The Morgan fingerprint density at radius 2 is 2.03 bits per heavy atom. The number of nitriles is 1. The van der Waals surface area contributed by atoms with Gasteiger partial charge in [-0.05, 0) is 36.1 Å². The Bertz CT molecular complexity index is 1120. The molecule has 1 aromatic heterocycles. The molecule has 0 unspecified atom stereocenters. The van der Waals surface area contributed by atoms with Gasteiger partial charge in [-0.3, -0.25) is 9.29 Å². The first kappa shape index (κ1) is 20.9. The van der Waals surface area contributed by atoms with Gasteiger partial charge in [0, 0.05) is 45.2 Å². The van der Waals surface area contributed by atoms with Crippen LogP contribution in [0, 0.1) is 16.7 Å². The van der Waals surface area contributed by atoms with Crippen molar-refractivity contribution in [2.75, 3.05) is 43.1 Å². The Kier molecular flexibility index (Phi) is 5.39. The van der Waals surface area contributed by atoms with Crippen LogP contribution >= 0.6 is 11.6 Å². The molecule has 2 aliphatic heterocycles. The van der Waals surface area contributed by atoms with Crippen molar-refractivity contribution < 1.29 is 13.2 Å². The molecule has 0 N–H and O–H groups in total. The zero-order chi connectivity index (χ0) is 21.5. The number of nitrogens with zero attached hydrogens (tertiary/aromatic N) is 4. The first-order valence-corrected chi connectivity index (χ1v) is 11.7. The van der Waals surface area contributed by atoms with Gasteiger partial charge in [-0.25, -0.2) is 8.42 Å². The lowest BCUT2D eigenvalue weighted by atomic mass is 9.80. The van der Waals surface area contributed by atoms with E-state index >= 15 is 0 Å². The molecule has 1 saturated heterocycles. The summed E-state index contributed by atoms with van der Waals surface area (Å²) in [4.78, 5) is 6.45. The molecule has 0 amide bonds. The second-order valence-electron chi connectivity index (χ2n) is 7.90. The molecule has 2 aliphatic rings. The molecular weight excluding hydrogens is 424 g/mol. The quantitative estimate of drug-likeness (QED) is 0.715. The Morgan fingerprint density at radius 1 is 1.30 bits per heavy atom. The summed E-state index contributed by atoms with van der Waals surface area (Å²) in [5.74, 6) is -0.0125. The lowest BCUT2D eigenvalue weighted by molar-refractivity contribution is 0.0984. The number of methoxy groups -OCH3 is 1. The van der Waals surface area contributed by atoms with Crippen molar-refractivity contribution in [1.29, 1.82) is 5.26 Å². The summed E-state index contributed by atoms with van der Waals surface area (Å²) < 4.78 is 31.0. The van der Waals surface area contributed by atoms with E-state index in [0.717, 1.165) is 22.4 Å². The molecule has 0 saturated carbocycles. The maximum atomic E-state index is 12.2. The number of hydrogen-bond acceptors (Lipinski definition) is 6. The van der Waals surface area contributed by atoms with Gasteiger partial charge in [0.15, 0.2) is 0 Å². The molecule has 1 aromatic carbocycles. The Hall–Kier alpha value is -2.34. The largest absolute Gasteiger partial charge is 0.383 e. The van der Waals surface area contributed by atoms with Gasteiger partial charge in [-0.15, -0.1) is 0 Å². The van der Waals surface area contributed by atoms with Crippen LogP contribution in [0.25, 0.3) is 11.1 Å². The highest BCUT2D eigenvalue weighted by atomic mass is 35.5. The van der Waals surface area contributed by atoms with Gasteiger partial charge < -0.3 is 9.64 Å². The Labute approximate surface area is 181 Å². The number of aromatic nitrogens is 1. The van der Waals surface area contributed by atoms with Gasteiger partial charge in [0.25, 0.3) is 0 Å². The Balaban J connectivity index is 1.69. The van der Waals surface area contributed by atoms with Crippen LogP contribution in [0.4, 0.5) is 11.4 Å². The van der Waals surface area contributed by atoms with Crippen LogP contribution in [0.5, 0.6) is 0 Å². The van der Waals surface area contributed by atoms with E-state index in [4.69, 9.17) is 16.3 Å². The second-order valence-corrected chi connectivity index (χ2v) is 10.3. The molecule has 0 aliphatic carbocycles. The van der Waals surface area contributed by atoms with Gasteiger partial charge in [-0.1, -0.05) is 17.7 Å². The molecule has 1 fully saturated rings. The molecule has 4 rings (SSSR count). The number of halogens is 1. The van der Waals surface area contributed by atoms with Gasteiger partial charge in [0.05, 0.1) is 40.2 Å². The fraction of sp³-hybridized carbons (Fsp3) is 0.429. The number of piperidine rings is 1. The number of rotatable bonds is 4. The highest BCUT2D eigenvalue weighted by molar-refractivity contribution is 7.92. The van der Waals surface area contributed by atoms with E-state index in [9.17, 15) is 13.7 Å². The van der Waals surface area contributed by atoms with E-state index in [-0.39, 0.29) is 5.75 Å². The molecule has 9 heteroatoms. The summed E-state index contributed by atoms with van der Waals surface area (Å²) in [6.07, 6.45) is 4.75. The van der Waals surface area contributed by atoms with Crippen LogP contribution in [-0.4, -0.2) is 47.3 Å². The number of ether oxygens (including phenoxy) is 1. The highest BCUT2D eigenvalue weighted by Gasteiger charge is 2.36. The maximum absolute atomic E-state index is 12.2. The van der Waals surface area contributed by atoms with Crippen molar-refractivity contribution in [3.63, 3.8) is 0 Å². The minimum atomic E-state index is -3.30. The Morgan fingerprint density at radius 3 is 2.70 bits per heavy atom. The standard InChI is InChI=1S/C21H23ClN4O3S/c1-25-19-4-3-15(9-16(19)12-30(25,27)28)17-10-24-11-18(22)20(17)26-7-5-21(13-23,6-8-26)14-29-2/h3-4,9-11H,5-8,12,14H2,1-2H3. The minimum Gasteiger partial charge on any atom is -0.383 e. The lowest BCUT2D eigenvalue weighted by Crippen LogP contribution is -2.42. The summed E-state index contributed by atoms with van der Waals surface area (Å²) in [5, 5.41) is 10.2. The fourth-order valence-electron chi connectivity index (χ4n) is 4.30. The normalized spacial score (nSPS) is 19.4. The lowest BCUT2D eigenvalue weighted by Gasteiger charge is -2.39. The molecule has 0 radical (unpaired) electrons. The first-order valence-electron chi connectivity index (χ1n) is 9.69. The summed E-state index contributed by atoms with van der Waals surface area (Å²) in [5.41, 5.74) is 3.59. The van der Waals surface area contributed by atoms with Gasteiger partial charge in [-0.2, -0.15) is 5.26 Å². The minimum absolute atomic E-state index is 0.0125. The fourth-order valence-corrected chi connectivity index (χ4v) is 5.88. The van der Waals surface area contributed by atoms with Crippen molar-refractivity contribution in [3.8, 4) is 17.2 Å². The van der Waals surface area contributed by atoms with Crippen molar-refractivity contribution in [2.24, 2.45) is 5.41 Å². The predicted octanol–water partition coefficient (Wildman–Crippen LogP) is 3.44. The summed E-state index contributed by atoms with van der Waals surface area (Å²) in [7, 11) is -0.113. The monoisotopic (exact) mass is 446 g/mol. The molecule has 2 aromatic rings. The molecule has 30 heavy (non-hydrogen) atoms. The topological polar surface area (TPSA) is 86.5 Å². The number of benzene rings is 1. The third-order valence-corrected chi connectivity index (χ3v) is 8.04. The number of pyridine rings is 1. The van der Waals surface area contributed by atoms with Crippen LogP contribution in [0.3, 0.4) is 0 Å². The molecule has 0 spiro atoms. The van der Waals surface area contributed by atoms with Gasteiger partial charge in [0.2, 0.25) is 10.0 Å². The van der Waals surface area contributed by atoms with Crippen molar-refractivity contribution >= 4 is 33.0 Å². The zero-order valence-corrected chi connectivity index (χ0v) is 18.5. The van der Waals surface area contributed by atoms with Crippen LogP contribution in [0.15, 0.2) is 30.6 Å². The van der Waals surface area contributed by atoms with Gasteiger partial charge >= 0.3 is 0 Å². The molecule has 158 valence electrons.